The Bertz CT molecular complexity index is 1650. The number of Topliss-reactive ketones (excluding diaryl/α,β-unsaturated/α-hetero) is 2. The first kappa shape index (κ1) is 20.4. The maximum atomic E-state index is 13.1. The zero-order chi connectivity index (χ0) is 23.7. The molecule has 0 bridgehead atoms. The Morgan fingerprint density at radius 3 is 2.00 bits per heavy atom. The number of allylic oxidation sites excluding steroid dienone is 1. The van der Waals surface area contributed by atoms with E-state index in [1.54, 1.807) is 18.2 Å². The largest absolute Gasteiger partial charge is 0.437 e. The Hall–Kier alpha value is -4.25. The summed E-state index contributed by atoms with van der Waals surface area (Å²) in [4.78, 5) is 30.9. The minimum absolute atomic E-state index is 0.120. The highest BCUT2D eigenvalue weighted by atomic mass is 16.3. The molecule has 1 aliphatic carbocycles. The van der Waals surface area contributed by atoms with Crippen molar-refractivity contribution in [1.82, 2.24) is 9.55 Å². The summed E-state index contributed by atoms with van der Waals surface area (Å²) in [6.45, 7) is 6.25. The summed E-state index contributed by atoms with van der Waals surface area (Å²) in [7, 11) is 1.95. The van der Waals surface area contributed by atoms with Gasteiger partial charge in [-0.15, -0.1) is 0 Å². The van der Waals surface area contributed by atoms with Gasteiger partial charge in [0.05, 0.1) is 5.57 Å². The molecule has 0 amide bonds. The molecule has 5 nitrogen and oxygen atoms in total. The average Bonchev–Trinajstić information content (AvgIpc) is 3.40. The van der Waals surface area contributed by atoms with Crippen LogP contribution in [0, 0.1) is 20.8 Å². The van der Waals surface area contributed by atoms with E-state index in [1.165, 1.54) is 5.56 Å². The Morgan fingerprint density at radius 2 is 1.44 bits per heavy atom. The molecule has 6 rings (SSSR count). The Morgan fingerprint density at radius 1 is 0.853 bits per heavy atom. The number of hydrogen-bond donors (Lipinski definition) is 0. The number of rotatable bonds is 2. The monoisotopic (exact) mass is 446 g/mol. The SMILES string of the molecule is Cc1cc(C)c(-c2nc3oc(C=C4C(=O)c5cc6ccccc6cc5C4=O)cc3n2C)c(C)c1. The molecule has 0 radical (unpaired) electrons. The number of imidazole rings is 1. The van der Waals surface area contributed by atoms with Crippen LogP contribution in [0.5, 0.6) is 0 Å². The number of aromatic nitrogens is 2. The van der Waals surface area contributed by atoms with Crippen LogP contribution in [0.2, 0.25) is 0 Å². The second-order valence-electron chi connectivity index (χ2n) is 9.07. The Labute approximate surface area is 196 Å². The van der Waals surface area contributed by atoms with Gasteiger partial charge in [-0.05, 0) is 60.9 Å². The summed E-state index contributed by atoms with van der Waals surface area (Å²) in [5.74, 6) is 0.720. The third-order valence-electron chi connectivity index (χ3n) is 6.65. The predicted molar refractivity (Wildman–Crippen MR) is 133 cm³/mol. The van der Waals surface area contributed by atoms with Crippen LogP contribution >= 0.6 is 0 Å². The van der Waals surface area contributed by atoms with Crippen molar-refractivity contribution in [3.8, 4) is 11.4 Å². The number of furan rings is 1. The highest BCUT2D eigenvalue weighted by molar-refractivity contribution is 6.42. The highest BCUT2D eigenvalue weighted by Gasteiger charge is 2.34. The predicted octanol–water partition coefficient (Wildman–Crippen LogP) is 6.37. The first-order valence-corrected chi connectivity index (χ1v) is 11.2. The maximum Gasteiger partial charge on any atom is 0.245 e. The van der Waals surface area contributed by atoms with Crippen molar-refractivity contribution in [2.24, 2.45) is 7.05 Å². The van der Waals surface area contributed by atoms with Gasteiger partial charge in [0.1, 0.15) is 17.1 Å². The van der Waals surface area contributed by atoms with Gasteiger partial charge in [-0.3, -0.25) is 9.59 Å². The lowest BCUT2D eigenvalue weighted by molar-refractivity contribution is 0.0990. The minimum Gasteiger partial charge on any atom is -0.437 e. The van der Waals surface area contributed by atoms with Crippen molar-refractivity contribution in [3.63, 3.8) is 0 Å². The van der Waals surface area contributed by atoms with E-state index in [-0.39, 0.29) is 17.1 Å². The van der Waals surface area contributed by atoms with Gasteiger partial charge in [-0.1, -0.05) is 42.0 Å². The summed E-state index contributed by atoms with van der Waals surface area (Å²) >= 11 is 0. The topological polar surface area (TPSA) is 65.1 Å². The number of ketones is 2. The van der Waals surface area contributed by atoms with Gasteiger partial charge in [-0.2, -0.15) is 4.98 Å². The van der Waals surface area contributed by atoms with Gasteiger partial charge in [-0.25, -0.2) is 0 Å². The fourth-order valence-electron chi connectivity index (χ4n) is 5.11. The summed E-state index contributed by atoms with van der Waals surface area (Å²) in [6, 6.07) is 17.4. The molecule has 5 heteroatoms. The smallest absolute Gasteiger partial charge is 0.245 e. The second kappa shape index (κ2) is 7.12. The molecule has 0 aliphatic heterocycles. The van der Waals surface area contributed by atoms with Crippen LogP contribution in [0.25, 0.3) is 39.5 Å². The van der Waals surface area contributed by atoms with Crippen LogP contribution in [-0.2, 0) is 7.05 Å². The van der Waals surface area contributed by atoms with Crippen LogP contribution in [0.4, 0.5) is 0 Å². The van der Waals surface area contributed by atoms with Crippen molar-refractivity contribution >= 4 is 39.6 Å². The molecule has 34 heavy (non-hydrogen) atoms. The molecule has 0 saturated heterocycles. The van der Waals surface area contributed by atoms with E-state index in [0.29, 0.717) is 22.6 Å². The number of carbonyl (C=O) groups excluding carboxylic acids is 2. The molecule has 1 aliphatic rings. The number of benzene rings is 3. The molecule has 0 spiro atoms. The normalized spacial score (nSPS) is 13.4. The highest BCUT2D eigenvalue weighted by Crippen LogP contribution is 2.34. The molecule has 0 atom stereocenters. The Balaban J connectivity index is 1.42. The lowest BCUT2D eigenvalue weighted by Gasteiger charge is -2.11. The Kier molecular flexibility index (Phi) is 4.27. The first-order chi connectivity index (χ1) is 16.3. The van der Waals surface area contributed by atoms with Crippen LogP contribution in [0.15, 0.2) is 64.6 Å². The van der Waals surface area contributed by atoms with E-state index in [4.69, 9.17) is 9.40 Å². The van der Waals surface area contributed by atoms with E-state index in [1.807, 2.05) is 41.9 Å². The van der Waals surface area contributed by atoms with Crippen molar-refractivity contribution in [2.45, 2.75) is 20.8 Å². The minimum atomic E-state index is -0.272. The molecule has 0 unspecified atom stereocenters. The number of hydrogen-bond acceptors (Lipinski definition) is 4. The molecule has 2 heterocycles. The van der Waals surface area contributed by atoms with Gasteiger partial charge in [0, 0.05) is 29.8 Å². The molecular formula is C29H22N2O3. The second-order valence-corrected chi connectivity index (χ2v) is 9.07. The quantitative estimate of drug-likeness (QED) is 0.233. The van der Waals surface area contributed by atoms with Crippen molar-refractivity contribution in [3.05, 3.63) is 93.7 Å². The molecule has 0 fully saturated rings. The van der Waals surface area contributed by atoms with Crippen molar-refractivity contribution < 1.29 is 14.0 Å². The van der Waals surface area contributed by atoms with Crippen LogP contribution in [0.1, 0.15) is 43.2 Å². The maximum absolute atomic E-state index is 13.1. The van der Waals surface area contributed by atoms with Crippen LogP contribution in [0.3, 0.4) is 0 Å². The van der Waals surface area contributed by atoms with E-state index in [9.17, 15) is 9.59 Å². The van der Waals surface area contributed by atoms with Gasteiger partial charge in [0.25, 0.3) is 0 Å². The molecule has 5 aromatic rings. The average molecular weight is 447 g/mol. The van der Waals surface area contributed by atoms with Crippen molar-refractivity contribution in [1.29, 1.82) is 0 Å². The zero-order valence-corrected chi connectivity index (χ0v) is 19.4. The molecule has 0 N–H and O–H groups in total. The summed E-state index contributed by atoms with van der Waals surface area (Å²) in [5, 5.41) is 1.87. The van der Waals surface area contributed by atoms with Gasteiger partial charge >= 0.3 is 0 Å². The zero-order valence-electron chi connectivity index (χ0n) is 19.4. The first-order valence-electron chi connectivity index (χ1n) is 11.2. The standard InChI is InChI=1S/C29H22N2O3/c1-15-9-16(2)25(17(3)10-15)28-30-29-24(31(28)4)14-20(34-29)13-23-26(32)21-11-18-7-5-6-8-19(18)12-22(21)27(23)33/h5-14H,1-4H3. The van der Waals surface area contributed by atoms with E-state index in [2.05, 4.69) is 32.9 Å². The van der Waals surface area contributed by atoms with E-state index >= 15 is 0 Å². The van der Waals surface area contributed by atoms with Gasteiger partial charge in [0.2, 0.25) is 5.71 Å². The van der Waals surface area contributed by atoms with E-state index in [0.717, 1.165) is 38.8 Å². The number of aryl methyl sites for hydroxylation is 4. The van der Waals surface area contributed by atoms with Gasteiger partial charge in [0.15, 0.2) is 11.6 Å². The molecule has 166 valence electrons. The molecule has 3 aromatic carbocycles. The lowest BCUT2D eigenvalue weighted by atomic mass is 9.99. The molecule has 0 saturated carbocycles. The van der Waals surface area contributed by atoms with Crippen LogP contribution in [-0.4, -0.2) is 21.1 Å². The third kappa shape index (κ3) is 2.90. The summed E-state index contributed by atoms with van der Waals surface area (Å²) in [5.41, 5.74) is 6.90. The summed E-state index contributed by atoms with van der Waals surface area (Å²) < 4.78 is 7.97. The summed E-state index contributed by atoms with van der Waals surface area (Å²) in [6.07, 6.45) is 1.54. The lowest BCUT2D eigenvalue weighted by Crippen LogP contribution is -2.00. The number of nitrogens with zero attached hydrogens (tertiary/aromatic N) is 2. The molecule has 2 aromatic heterocycles. The third-order valence-corrected chi connectivity index (χ3v) is 6.65. The fourth-order valence-corrected chi connectivity index (χ4v) is 5.11. The van der Waals surface area contributed by atoms with Gasteiger partial charge < -0.3 is 8.98 Å². The number of fused-ring (bicyclic) bond motifs is 3. The van der Waals surface area contributed by atoms with E-state index < -0.39 is 0 Å². The fraction of sp³-hybridized carbons (Fsp3) is 0.138. The van der Waals surface area contributed by atoms with Crippen LogP contribution < -0.4 is 0 Å². The number of carbonyl (C=O) groups is 2. The molecular weight excluding hydrogens is 424 g/mol. The van der Waals surface area contributed by atoms with Crippen molar-refractivity contribution in [2.75, 3.05) is 0 Å².